The molecule has 1 amide bonds. The number of rotatable bonds is 6. The highest BCUT2D eigenvalue weighted by Crippen LogP contribution is 2.18. The second-order valence-electron chi connectivity index (χ2n) is 4.12. The summed E-state index contributed by atoms with van der Waals surface area (Å²) in [6.07, 6.45) is 2.87. The van der Waals surface area contributed by atoms with E-state index in [-0.39, 0.29) is 11.7 Å². The largest absolute Gasteiger partial charge is 0.313 e. The molecule has 1 heterocycles. The van der Waals surface area contributed by atoms with Crippen molar-refractivity contribution in [3.05, 3.63) is 11.1 Å². The van der Waals surface area contributed by atoms with Crippen LogP contribution in [0.4, 0.5) is 5.13 Å². The van der Waals surface area contributed by atoms with Crippen molar-refractivity contribution in [3.8, 4) is 0 Å². The summed E-state index contributed by atoms with van der Waals surface area (Å²) in [5.41, 5.74) is 0.404. The third kappa shape index (κ3) is 3.90. The van der Waals surface area contributed by atoms with Crippen LogP contribution in [0, 0.1) is 0 Å². The van der Waals surface area contributed by atoms with Crippen LogP contribution in [-0.4, -0.2) is 29.3 Å². The van der Waals surface area contributed by atoms with Crippen LogP contribution in [0.25, 0.3) is 0 Å². The number of aromatic nitrogens is 1. The van der Waals surface area contributed by atoms with E-state index >= 15 is 0 Å². The summed E-state index contributed by atoms with van der Waals surface area (Å²) in [5, 5.41) is 8.10. The van der Waals surface area contributed by atoms with E-state index in [2.05, 4.69) is 15.6 Å². The molecule has 1 fully saturated rings. The maximum absolute atomic E-state index is 11.5. The molecule has 2 rings (SSSR count). The molecule has 92 valence electrons. The number of hydrogen-bond acceptors (Lipinski definition) is 5. The highest BCUT2D eigenvalue weighted by atomic mass is 32.1. The topological polar surface area (TPSA) is 71.1 Å². The number of carbonyl (C=O) groups is 2. The summed E-state index contributed by atoms with van der Waals surface area (Å²) in [6, 6.07) is 0.618. The highest BCUT2D eigenvalue weighted by Gasteiger charge is 2.20. The molecule has 1 aromatic rings. The lowest BCUT2D eigenvalue weighted by Crippen LogP contribution is -2.23. The lowest BCUT2D eigenvalue weighted by atomic mass is 10.4. The number of anilines is 1. The fourth-order valence-corrected chi connectivity index (χ4v) is 2.12. The Morgan fingerprint density at radius 2 is 2.29 bits per heavy atom. The maximum atomic E-state index is 11.5. The van der Waals surface area contributed by atoms with Gasteiger partial charge in [0.15, 0.2) is 10.9 Å². The molecule has 5 nitrogen and oxygen atoms in total. The van der Waals surface area contributed by atoms with Crippen molar-refractivity contribution in [2.24, 2.45) is 0 Å². The van der Waals surface area contributed by atoms with Gasteiger partial charge < -0.3 is 10.6 Å². The second-order valence-corrected chi connectivity index (χ2v) is 4.98. The van der Waals surface area contributed by atoms with Crippen LogP contribution in [0.15, 0.2) is 5.38 Å². The molecule has 6 heteroatoms. The fourth-order valence-electron chi connectivity index (χ4n) is 1.35. The summed E-state index contributed by atoms with van der Waals surface area (Å²) in [6.45, 7) is 2.15. The number of nitrogens with zero attached hydrogens (tertiary/aromatic N) is 1. The first kappa shape index (κ1) is 12.2. The molecule has 1 aliphatic rings. The normalized spacial score (nSPS) is 14.6. The van der Waals surface area contributed by atoms with Crippen molar-refractivity contribution in [1.29, 1.82) is 0 Å². The van der Waals surface area contributed by atoms with Gasteiger partial charge in [-0.15, -0.1) is 11.3 Å². The number of Topliss-reactive ketones (excluding diaryl/α,β-unsaturated/α-hetero) is 1. The van der Waals surface area contributed by atoms with Crippen molar-refractivity contribution < 1.29 is 9.59 Å². The minimum atomic E-state index is -0.0860. The van der Waals surface area contributed by atoms with Crippen molar-refractivity contribution in [2.45, 2.75) is 32.2 Å². The van der Waals surface area contributed by atoms with E-state index in [0.29, 0.717) is 29.8 Å². The molecule has 17 heavy (non-hydrogen) atoms. The number of amides is 1. The smallest absolute Gasteiger partial charge is 0.227 e. The Balaban J connectivity index is 1.74. The predicted octanol–water partition coefficient (Wildman–Crippen LogP) is 1.43. The number of thiazole rings is 1. The van der Waals surface area contributed by atoms with Crippen molar-refractivity contribution in [1.82, 2.24) is 10.3 Å². The van der Waals surface area contributed by atoms with Crippen LogP contribution < -0.4 is 10.6 Å². The minimum Gasteiger partial charge on any atom is -0.313 e. The average Bonchev–Trinajstić information content (AvgIpc) is 2.96. The lowest BCUT2D eigenvalue weighted by molar-refractivity contribution is -0.116. The SMILES string of the molecule is CC(=O)c1csc(NC(=O)CCNC2CC2)n1. The monoisotopic (exact) mass is 253 g/mol. The molecule has 0 radical (unpaired) electrons. The van der Waals surface area contributed by atoms with Gasteiger partial charge in [0, 0.05) is 31.3 Å². The zero-order valence-corrected chi connectivity index (χ0v) is 10.5. The first-order valence-corrected chi connectivity index (χ1v) is 6.53. The second kappa shape index (κ2) is 5.37. The van der Waals surface area contributed by atoms with Crippen molar-refractivity contribution >= 4 is 28.2 Å². The molecule has 0 unspecified atom stereocenters. The quantitative estimate of drug-likeness (QED) is 0.752. The summed E-state index contributed by atoms with van der Waals surface area (Å²) in [5.74, 6) is -0.153. The van der Waals surface area contributed by atoms with Crippen molar-refractivity contribution in [3.63, 3.8) is 0 Å². The predicted molar refractivity (Wildman–Crippen MR) is 66.4 cm³/mol. The fraction of sp³-hybridized carbons (Fsp3) is 0.545. The first-order chi connectivity index (χ1) is 8.15. The van der Waals surface area contributed by atoms with Crippen molar-refractivity contribution in [2.75, 3.05) is 11.9 Å². The first-order valence-electron chi connectivity index (χ1n) is 5.65. The van der Waals surface area contributed by atoms with E-state index in [0.717, 1.165) is 0 Å². The molecular weight excluding hydrogens is 238 g/mol. The van der Waals surface area contributed by atoms with Gasteiger partial charge in [0.2, 0.25) is 5.91 Å². The Kier molecular flexibility index (Phi) is 3.86. The van der Waals surface area contributed by atoms with Crippen LogP contribution in [0.3, 0.4) is 0 Å². The number of nitrogens with one attached hydrogen (secondary N) is 2. The molecule has 0 atom stereocenters. The van der Waals surface area contributed by atoms with E-state index in [9.17, 15) is 9.59 Å². The van der Waals surface area contributed by atoms with E-state index in [4.69, 9.17) is 0 Å². The summed E-state index contributed by atoms with van der Waals surface area (Å²) in [7, 11) is 0. The summed E-state index contributed by atoms with van der Waals surface area (Å²) < 4.78 is 0. The molecule has 1 aromatic heterocycles. The molecule has 1 aliphatic carbocycles. The Morgan fingerprint density at radius 3 is 2.88 bits per heavy atom. The van der Waals surface area contributed by atoms with Gasteiger partial charge in [-0.1, -0.05) is 0 Å². The zero-order chi connectivity index (χ0) is 12.3. The molecule has 0 saturated heterocycles. The van der Waals surface area contributed by atoms with Crippen LogP contribution in [0.2, 0.25) is 0 Å². The minimum absolute atomic E-state index is 0.0670. The Hall–Kier alpha value is -1.27. The average molecular weight is 253 g/mol. The van der Waals surface area contributed by atoms with E-state index in [1.54, 1.807) is 5.38 Å². The van der Waals surface area contributed by atoms with Gasteiger partial charge in [0.05, 0.1) is 0 Å². The van der Waals surface area contributed by atoms with Gasteiger partial charge >= 0.3 is 0 Å². The van der Waals surface area contributed by atoms with E-state index in [1.165, 1.54) is 31.1 Å². The van der Waals surface area contributed by atoms with Gasteiger partial charge in [-0.05, 0) is 12.8 Å². The molecule has 1 saturated carbocycles. The molecule has 0 spiro atoms. The molecule has 2 N–H and O–H groups in total. The van der Waals surface area contributed by atoms with E-state index in [1.807, 2.05) is 0 Å². The number of ketones is 1. The Morgan fingerprint density at radius 1 is 1.53 bits per heavy atom. The van der Waals surface area contributed by atoms with Crippen LogP contribution in [-0.2, 0) is 4.79 Å². The Bertz CT molecular complexity index is 426. The molecule has 0 aromatic carbocycles. The van der Waals surface area contributed by atoms with Gasteiger partial charge in [-0.25, -0.2) is 4.98 Å². The maximum Gasteiger partial charge on any atom is 0.227 e. The standard InChI is InChI=1S/C11H15N3O2S/c1-7(15)9-6-17-11(13-9)14-10(16)4-5-12-8-2-3-8/h6,8,12H,2-5H2,1H3,(H,13,14,16). The lowest BCUT2D eigenvalue weighted by Gasteiger charge is -2.02. The summed E-state index contributed by atoms with van der Waals surface area (Å²) in [4.78, 5) is 26.6. The third-order valence-corrected chi connectivity index (χ3v) is 3.23. The summed E-state index contributed by atoms with van der Waals surface area (Å²) >= 11 is 1.27. The Labute approximate surface area is 104 Å². The van der Waals surface area contributed by atoms with E-state index < -0.39 is 0 Å². The molecule has 0 bridgehead atoms. The van der Waals surface area contributed by atoms with Crippen LogP contribution in [0.1, 0.15) is 36.7 Å². The number of carbonyl (C=O) groups excluding carboxylic acids is 2. The zero-order valence-electron chi connectivity index (χ0n) is 9.66. The van der Waals surface area contributed by atoms with Gasteiger partial charge in [0.1, 0.15) is 5.69 Å². The van der Waals surface area contributed by atoms with Crippen LogP contribution >= 0.6 is 11.3 Å². The van der Waals surface area contributed by atoms with Gasteiger partial charge in [-0.2, -0.15) is 0 Å². The molecular formula is C11H15N3O2S. The van der Waals surface area contributed by atoms with Gasteiger partial charge in [-0.3, -0.25) is 9.59 Å². The third-order valence-electron chi connectivity index (χ3n) is 2.47. The molecule has 0 aliphatic heterocycles. The number of hydrogen-bond donors (Lipinski definition) is 2. The van der Waals surface area contributed by atoms with Gasteiger partial charge in [0.25, 0.3) is 0 Å². The van der Waals surface area contributed by atoms with Crippen LogP contribution in [0.5, 0.6) is 0 Å². The highest BCUT2D eigenvalue weighted by molar-refractivity contribution is 7.14.